The van der Waals surface area contributed by atoms with E-state index in [9.17, 15) is 0 Å². The molecule has 0 fully saturated rings. The molecule has 0 unspecified atom stereocenters. The molecule has 0 bridgehead atoms. The van der Waals surface area contributed by atoms with Crippen LogP contribution in [0.25, 0.3) is 0 Å². The number of thioether (sulfide) groups is 1. The molecule has 1 radical (unpaired) electrons. The molecule has 0 spiro atoms. The summed E-state index contributed by atoms with van der Waals surface area (Å²) in [6.07, 6.45) is 6.76. The van der Waals surface area contributed by atoms with Gasteiger partial charge in [0.2, 0.25) is 0 Å². The number of amidine groups is 1. The first-order valence-electron chi connectivity index (χ1n) is 2.72. The lowest BCUT2D eigenvalue weighted by Crippen LogP contribution is -2.21. The molecular weight excluding hydrogens is 132 g/mol. The fourth-order valence-corrected chi connectivity index (χ4v) is 1.47. The van der Waals surface area contributed by atoms with E-state index in [1.807, 2.05) is 17.7 Å². The van der Waals surface area contributed by atoms with Crippen LogP contribution < -0.4 is 0 Å². The third kappa shape index (κ3) is 0.772. The van der Waals surface area contributed by atoms with Gasteiger partial charge in [0, 0.05) is 12.7 Å². The van der Waals surface area contributed by atoms with Gasteiger partial charge >= 0.3 is 0 Å². The molecule has 2 rings (SSSR count). The van der Waals surface area contributed by atoms with Crippen LogP contribution in [0.3, 0.4) is 0 Å². The second kappa shape index (κ2) is 1.92. The lowest BCUT2D eigenvalue weighted by atomic mass is 10.5. The van der Waals surface area contributed by atoms with Gasteiger partial charge in [0.15, 0.2) is 5.17 Å². The zero-order chi connectivity index (χ0) is 6.10. The van der Waals surface area contributed by atoms with Crippen molar-refractivity contribution in [3.8, 4) is 0 Å². The average molecular weight is 137 g/mol. The van der Waals surface area contributed by atoms with Crippen LogP contribution in [0.2, 0.25) is 0 Å². The van der Waals surface area contributed by atoms with Crippen LogP contribution in [0.1, 0.15) is 0 Å². The molecular formula is C6H5N2S. The molecule has 0 aromatic rings. The highest BCUT2D eigenvalue weighted by Gasteiger charge is 2.13. The predicted molar refractivity (Wildman–Crippen MR) is 38.7 cm³/mol. The van der Waals surface area contributed by atoms with E-state index in [1.54, 1.807) is 11.8 Å². The van der Waals surface area contributed by atoms with E-state index in [1.165, 1.54) is 0 Å². The summed E-state index contributed by atoms with van der Waals surface area (Å²) in [7, 11) is 0. The van der Waals surface area contributed by atoms with Crippen LogP contribution in [0.4, 0.5) is 0 Å². The molecule has 3 heteroatoms. The van der Waals surface area contributed by atoms with Crippen LogP contribution in [-0.4, -0.2) is 16.6 Å². The number of nitrogens with zero attached hydrogens (tertiary/aromatic N) is 2. The van der Waals surface area contributed by atoms with Crippen molar-refractivity contribution in [2.24, 2.45) is 4.99 Å². The predicted octanol–water partition coefficient (Wildman–Crippen LogP) is 1.19. The van der Waals surface area contributed by atoms with Crippen LogP contribution in [-0.2, 0) is 0 Å². The fourth-order valence-electron chi connectivity index (χ4n) is 0.766. The second-order valence-corrected chi connectivity index (χ2v) is 2.66. The zero-order valence-electron chi connectivity index (χ0n) is 4.74. The number of aliphatic imine (C=N–C) groups is 1. The van der Waals surface area contributed by atoms with Gasteiger partial charge in [-0.25, -0.2) is 4.99 Å². The highest BCUT2D eigenvalue weighted by Crippen LogP contribution is 2.20. The van der Waals surface area contributed by atoms with Gasteiger partial charge in [-0.15, -0.1) is 0 Å². The van der Waals surface area contributed by atoms with Crippen molar-refractivity contribution >= 4 is 16.9 Å². The summed E-state index contributed by atoms with van der Waals surface area (Å²) in [5, 5.41) is 3.07. The van der Waals surface area contributed by atoms with Gasteiger partial charge in [0.1, 0.15) is 0 Å². The smallest absolute Gasteiger partial charge is 0.173 e. The largest absolute Gasteiger partial charge is 0.323 e. The van der Waals surface area contributed by atoms with Gasteiger partial charge < -0.3 is 4.90 Å². The SMILES string of the molecule is [C]1=CCN2C=CSC2=N1. The van der Waals surface area contributed by atoms with Crippen molar-refractivity contribution in [1.82, 2.24) is 4.90 Å². The Balaban J connectivity index is 2.29. The van der Waals surface area contributed by atoms with Crippen molar-refractivity contribution in [3.63, 3.8) is 0 Å². The third-order valence-corrected chi connectivity index (χ3v) is 1.99. The number of hydrogen-bond acceptors (Lipinski definition) is 3. The Morgan fingerprint density at radius 1 is 1.78 bits per heavy atom. The van der Waals surface area contributed by atoms with E-state index in [4.69, 9.17) is 0 Å². The topological polar surface area (TPSA) is 15.6 Å². The van der Waals surface area contributed by atoms with Crippen LogP contribution >= 0.6 is 11.8 Å². The van der Waals surface area contributed by atoms with Gasteiger partial charge in [0.05, 0.1) is 6.20 Å². The van der Waals surface area contributed by atoms with E-state index >= 15 is 0 Å². The Bertz CT molecular complexity index is 205. The van der Waals surface area contributed by atoms with E-state index in [2.05, 4.69) is 16.1 Å². The molecule has 0 aromatic carbocycles. The second-order valence-electron chi connectivity index (χ2n) is 1.78. The molecule has 45 valence electrons. The molecule has 0 saturated heterocycles. The lowest BCUT2D eigenvalue weighted by Gasteiger charge is -2.14. The highest BCUT2D eigenvalue weighted by atomic mass is 32.2. The molecule has 2 heterocycles. The third-order valence-electron chi connectivity index (χ3n) is 1.20. The van der Waals surface area contributed by atoms with Gasteiger partial charge in [0.25, 0.3) is 0 Å². The van der Waals surface area contributed by atoms with E-state index in [0.29, 0.717) is 0 Å². The van der Waals surface area contributed by atoms with E-state index in [0.717, 1.165) is 11.7 Å². The quantitative estimate of drug-likeness (QED) is 0.498. The van der Waals surface area contributed by atoms with Crippen LogP contribution in [0, 0.1) is 6.20 Å². The van der Waals surface area contributed by atoms with E-state index in [-0.39, 0.29) is 0 Å². The maximum atomic E-state index is 4.03. The summed E-state index contributed by atoms with van der Waals surface area (Å²) in [6, 6.07) is 0. The Morgan fingerprint density at radius 3 is 3.67 bits per heavy atom. The van der Waals surface area contributed by atoms with Crippen molar-refractivity contribution in [2.75, 3.05) is 6.54 Å². The Labute approximate surface area is 58.0 Å². The summed E-state index contributed by atoms with van der Waals surface area (Å²) in [4.78, 5) is 6.11. The normalized spacial score (nSPS) is 22.2. The molecule has 2 nitrogen and oxygen atoms in total. The fraction of sp³-hybridized carbons (Fsp3) is 0.167. The standard InChI is InChI=1S/C6H5N2S/c1-2-7-6-8(3-1)4-5-9-6/h1,4-5H,3H2. The molecule has 0 N–H and O–H groups in total. The average Bonchev–Trinajstić information content (AvgIpc) is 2.33. The van der Waals surface area contributed by atoms with Crippen LogP contribution in [0.15, 0.2) is 22.7 Å². The molecule has 0 atom stereocenters. The minimum atomic E-state index is 0.919. The molecule has 0 saturated carbocycles. The first-order chi connectivity index (χ1) is 4.47. The Kier molecular flexibility index (Phi) is 1.09. The molecule has 0 aliphatic carbocycles. The van der Waals surface area contributed by atoms with Crippen molar-refractivity contribution < 1.29 is 0 Å². The molecule has 2 aliphatic heterocycles. The minimum Gasteiger partial charge on any atom is -0.323 e. The Morgan fingerprint density at radius 2 is 2.78 bits per heavy atom. The van der Waals surface area contributed by atoms with Crippen molar-refractivity contribution in [1.29, 1.82) is 0 Å². The van der Waals surface area contributed by atoms with Crippen molar-refractivity contribution in [2.45, 2.75) is 0 Å². The maximum Gasteiger partial charge on any atom is 0.173 e. The molecule has 9 heavy (non-hydrogen) atoms. The van der Waals surface area contributed by atoms with Gasteiger partial charge in [-0.2, -0.15) is 0 Å². The summed E-state index contributed by atoms with van der Waals surface area (Å²) < 4.78 is 0. The zero-order valence-corrected chi connectivity index (χ0v) is 5.56. The Hall–Kier alpha value is -0.700. The molecule has 0 amide bonds. The summed E-state index contributed by atoms with van der Waals surface area (Å²) >= 11 is 1.64. The number of hydrogen-bond donors (Lipinski definition) is 0. The summed E-state index contributed by atoms with van der Waals surface area (Å²) in [6.45, 7) is 0.919. The van der Waals surface area contributed by atoms with E-state index < -0.39 is 0 Å². The minimum absolute atomic E-state index is 0.919. The van der Waals surface area contributed by atoms with Crippen molar-refractivity contribution in [3.05, 3.63) is 23.9 Å². The molecule has 0 aromatic heterocycles. The first-order valence-corrected chi connectivity index (χ1v) is 3.59. The lowest BCUT2D eigenvalue weighted by molar-refractivity contribution is 0.630. The summed E-state index contributed by atoms with van der Waals surface area (Å²) in [5.41, 5.74) is 0. The monoisotopic (exact) mass is 137 g/mol. The molecule has 2 aliphatic rings. The van der Waals surface area contributed by atoms with Gasteiger partial charge in [-0.1, -0.05) is 11.8 Å². The van der Waals surface area contributed by atoms with Gasteiger partial charge in [-0.3, -0.25) is 0 Å². The number of rotatable bonds is 0. The highest BCUT2D eigenvalue weighted by molar-refractivity contribution is 8.16. The first kappa shape index (κ1) is 5.11. The van der Waals surface area contributed by atoms with Crippen LogP contribution in [0.5, 0.6) is 0 Å². The van der Waals surface area contributed by atoms with Gasteiger partial charge in [-0.05, 0) is 11.5 Å². The maximum absolute atomic E-state index is 4.03. The number of fused-ring (bicyclic) bond motifs is 1. The summed E-state index contributed by atoms with van der Waals surface area (Å²) in [5.74, 6) is 0.